The van der Waals surface area contributed by atoms with Gasteiger partial charge in [0.05, 0.1) is 5.56 Å². The second kappa shape index (κ2) is 7.33. The monoisotopic (exact) mass is 285 g/mol. The molecule has 2 N–H and O–H groups in total. The van der Waals surface area contributed by atoms with E-state index in [1.807, 2.05) is 18.2 Å². The largest absolute Gasteiger partial charge is 0.490 e. The van der Waals surface area contributed by atoms with Crippen molar-refractivity contribution in [3.8, 4) is 11.5 Å². The zero-order chi connectivity index (χ0) is 15.1. The molecule has 0 aliphatic heterocycles. The number of rotatable bonds is 7. The van der Waals surface area contributed by atoms with Crippen LogP contribution in [0.1, 0.15) is 22.8 Å². The molecule has 2 aromatic rings. The number of carbonyl (C=O) groups excluding carboxylic acids is 1. The van der Waals surface area contributed by atoms with Gasteiger partial charge in [-0.25, -0.2) is 0 Å². The van der Waals surface area contributed by atoms with Crippen LogP contribution in [0.25, 0.3) is 0 Å². The maximum Gasteiger partial charge on any atom is 0.252 e. The molecule has 2 aromatic carbocycles. The van der Waals surface area contributed by atoms with E-state index in [1.54, 1.807) is 24.3 Å². The highest BCUT2D eigenvalue weighted by Crippen LogP contribution is 2.17. The number of nitrogens with two attached hydrogens (primary N) is 1. The van der Waals surface area contributed by atoms with Crippen molar-refractivity contribution in [1.82, 2.24) is 0 Å². The Bertz CT molecular complexity index is 610. The number of para-hydroxylation sites is 1. The highest BCUT2D eigenvalue weighted by atomic mass is 16.5. The van der Waals surface area contributed by atoms with Crippen LogP contribution in [0.2, 0.25) is 0 Å². The van der Waals surface area contributed by atoms with E-state index in [4.69, 9.17) is 15.2 Å². The lowest BCUT2D eigenvalue weighted by atomic mass is 10.2. The van der Waals surface area contributed by atoms with E-state index in [0.29, 0.717) is 24.5 Å². The molecule has 0 saturated heterocycles. The third-order valence-corrected chi connectivity index (χ3v) is 3.07. The number of amides is 1. The minimum absolute atomic E-state index is 0.348. The number of primary amides is 1. The Kier molecular flexibility index (Phi) is 5.21. The summed E-state index contributed by atoms with van der Waals surface area (Å²) in [6.07, 6.45) is 0.972. The Morgan fingerprint density at radius 3 is 2.57 bits per heavy atom. The highest BCUT2D eigenvalue weighted by molar-refractivity contribution is 5.95. The molecule has 0 aliphatic rings. The first-order chi connectivity index (χ1) is 10.2. The standard InChI is InChI=1S/C17H19NO3/c1-2-13-6-5-7-14(12-13)20-10-11-21-16-9-4-3-8-15(16)17(18)19/h3-9,12H,2,10-11H2,1H3,(H2,18,19). The van der Waals surface area contributed by atoms with Crippen LogP contribution >= 0.6 is 0 Å². The fraction of sp³-hybridized carbons (Fsp3) is 0.235. The van der Waals surface area contributed by atoms with Crippen molar-refractivity contribution in [2.45, 2.75) is 13.3 Å². The molecule has 1 amide bonds. The number of ether oxygens (including phenoxy) is 2. The van der Waals surface area contributed by atoms with Crippen molar-refractivity contribution in [3.63, 3.8) is 0 Å². The smallest absolute Gasteiger partial charge is 0.252 e. The summed E-state index contributed by atoms with van der Waals surface area (Å²) < 4.78 is 11.2. The molecule has 0 aromatic heterocycles. The summed E-state index contributed by atoms with van der Waals surface area (Å²) in [5.74, 6) is 0.805. The van der Waals surface area contributed by atoms with Gasteiger partial charge in [0.2, 0.25) is 0 Å². The molecule has 2 rings (SSSR count). The van der Waals surface area contributed by atoms with Gasteiger partial charge in [-0.2, -0.15) is 0 Å². The van der Waals surface area contributed by atoms with Gasteiger partial charge >= 0.3 is 0 Å². The van der Waals surface area contributed by atoms with E-state index in [0.717, 1.165) is 12.2 Å². The Balaban J connectivity index is 1.86. The molecule has 0 atom stereocenters. The quantitative estimate of drug-likeness (QED) is 0.796. The predicted molar refractivity (Wildman–Crippen MR) is 81.8 cm³/mol. The molecule has 0 fully saturated rings. The summed E-state index contributed by atoms with van der Waals surface area (Å²) in [5, 5.41) is 0. The maximum absolute atomic E-state index is 11.3. The summed E-state index contributed by atoms with van der Waals surface area (Å²) >= 11 is 0. The molecule has 0 unspecified atom stereocenters. The molecule has 0 saturated carbocycles. The predicted octanol–water partition coefficient (Wildman–Crippen LogP) is 2.81. The fourth-order valence-corrected chi connectivity index (χ4v) is 1.96. The van der Waals surface area contributed by atoms with Gasteiger partial charge in [0.25, 0.3) is 5.91 Å². The van der Waals surface area contributed by atoms with Crippen molar-refractivity contribution >= 4 is 5.91 Å². The van der Waals surface area contributed by atoms with Crippen LogP contribution in [0.5, 0.6) is 11.5 Å². The van der Waals surface area contributed by atoms with E-state index in [2.05, 4.69) is 13.0 Å². The number of aryl methyl sites for hydroxylation is 1. The summed E-state index contributed by atoms with van der Waals surface area (Å²) in [6.45, 7) is 2.85. The van der Waals surface area contributed by atoms with Gasteiger partial charge in [-0.1, -0.05) is 31.2 Å². The lowest BCUT2D eigenvalue weighted by molar-refractivity contribution is 0.0995. The normalized spacial score (nSPS) is 10.1. The van der Waals surface area contributed by atoms with Crippen molar-refractivity contribution in [1.29, 1.82) is 0 Å². The van der Waals surface area contributed by atoms with Gasteiger partial charge in [-0.05, 0) is 36.2 Å². The SMILES string of the molecule is CCc1cccc(OCCOc2ccccc2C(N)=O)c1. The summed E-state index contributed by atoms with van der Waals surface area (Å²) in [6, 6.07) is 14.9. The molecular formula is C17H19NO3. The molecule has 0 bridgehead atoms. The first-order valence-corrected chi connectivity index (χ1v) is 6.94. The van der Waals surface area contributed by atoms with Gasteiger partial charge in [-0.3, -0.25) is 4.79 Å². The van der Waals surface area contributed by atoms with Crippen LogP contribution in [-0.4, -0.2) is 19.1 Å². The molecule has 0 aliphatic carbocycles. The zero-order valence-electron chi connectivity index (χ0n) is 12.0. The minimum atomic E-state index is -0.498. The second-order valence-corrected chi connectivity index (χ2v) is 4.56. The van der Waals surface area contributed by atoms with Gasteiger partial charge in [-0.15, -0.1) is 0 Å². The van der Waals surface area contributed by atoms with Gasteiger partial charge < -0.3 is 15.2 Å². The molecule has 0 heterocycles. The topological polar surface area (TPSA) is 61.6 Å². The molecular weight excluding hydrogens is 266 g/mol. The van der Waals surface area contributed by atoms with E-state index < -0.39 is 5.91 Å². The zero-order valence-corrected chi connectivity index (χ0v) is 12.0. The minimum Gasteiger partial charge on any atom is -0.490 e. The Labute approximate surface area is 124 Å². The maximum atomic E-state index is 11.3. The van der Waals surface area contributed by atoms with E-state index in [1.165, 1.54) is 5.56 Å². The lowest BCUT2D eigenvalue weighted by Gasteiger charge is -2.11. The number of hydrogen-bond acceptors (Lipinski definition) is 3. The molecule has 4 nitrogen and oxygen atoms in total. The number of benzene rings is 2. The molecule has 0 radical (unpaired) electrons. The third-order valence-electron chi connectivity index (χ3n) is 3.07. The van der Waals surface area contributed by atoms with Crippen LogP contribution in [0, 0.1) is 0 Å². The Hall–Kier alpha value is -2.49. The average Bonchev–Trinajstić information content (AvgIpc) is 2.52. The summed E-state index contributed by atoms with van der Waals surface area (Å²) in [5.41, 5.74) is 6.90. The third kappa shape index (κ3) is 4.24. The summed E-state index contributed by atoms with van der Waals surface area (Å²) in [7, 11) is 0. The first-order valence-electron chi connectivity index (χ1n) is 6.94. The number of hydrogen-bond donors (Lipinski definition) is 1. The Morgan fingerprint density at radius 2 is 1.81 bits per heavy atom. The lowest BCUT2D eigenvalue weighted by Crippen LogP contribution is -2.15. The molecule has 0 spiro atoms. The Morgan fingerprint density at radius 1 is 1.05 bits per heavy atom. The average molecular weight is 285 g/mol. The van der Waals surface area contributed by atoms with Crippen LogP contribution in [0.15, 0.2) is 48.5 Å². The van der Waals surface area contributed by atoms with E-state index in [9.17, 15) is 4.79 Å². The second-order valence-electron chi connectivity index (χ2n) is 4.56. The van der Waals surface area contributed by atoms with Gasteiger partial charge in [0, 0.05) is 0 Å². The molecule has 4 heteroatoms. The van der Waals surface area contributed by atoms with E-state index >= 15 is 0 Å². The molecule has 110 valence electrons. The van der Waals surface area contributed by atoms with Crippen molar-refractivity contribution in [2.75, 3.05) is 13.2 Å². The first kappa shape index (κ1) is 14.9. The van der Waals surface area contributed by atoms with E-state index in [-0.39, 0.29) is 0 Å². The van der Waals surface area contributed by atoms with Crippen LogP contribution < -0.4 is 15.2 Å². The fourth-order valence-electron chi connectivity index (χ4n) is 1.96. The van der Waals surface area contributed by atoms with Crippen molar-refractivity contribution in [3.05, 3.63) is 59.7 Å². The highest BCUT2D eigenvalue weighted by Gasteiger charge is 2.07. The van der Waals surface area contributed by atoms with Gasteiger partial charge in [0.15, 0.2) is 0 Å². The van der Waals surface area contributed by atoms with Crippen LogP contribution in [-0.2, 0) is 6.42 Å². The van der Waals surface area contributed by atoms with Crippen LogP contribution in [0.4, 0.5) is 0 Å². The van der Waals surface area contributed by atoms with Gasteiger partial charge in [0.1, 0.15) is 24.7 Å². The van der Waals surface area contributed by atoms with Crippen molar-refractivity contribution in [2.24, 2.45) is 5.73 Å². The number of carbonyl (C=O) groups is 1. The molecule has 21 heavy (non-hydrogen) atoms. The van der Waals surface area contributed by atoms with Crippen molar-refractivity contribution < 1.29 is 14.3 Å². The summed E-state index contributed by atoms with van der Waals surface area (Å²) in [4.78, 5) is 11.3. The van der Waals surface area contributed by atoms with Crippen LogP contribution in [0.3, 0.4) is 0 Å².